The van der Waals surface area contributed by atoms with E-state index < -0.39 is 0 Å². The van der Waals surface area contributed by atoms with Crippen molar-refractivity contribution in [2.75, 3.05) is 26.2 Å². The Hall–Kier alpha value is -0.900. The summed E-state index contributed by atoms with van der Waals surface area (Å²) in [6.45, 7) is 3.58. The minimum atomic E-state index is 0.239. The molecule has 0 radical (unpaired) electrons. The number of aldehydes is 1. The number of ether oxygens (including phenoxy) is 1. The molecule has 0 aromatic carbocycles. The van der Waals surface area contributed by atoms with Crippen LogP contribution < -0.4 is 0 Å². The number of carbonyl (C=O) groups excluding carboxylic acids is 2. The largest absolute Gasteiger partial charge is 0.467 e. The maximum Gasteiger partial charge on any atom is 0.293 e. The lowest BCUT2D eigenvalue weighted by molar-refractivity contribution is -0.129. The van der Waals surface area contributed by atoms with Crippen LogP contribution in [0.15, 0.2) is 0 Å². The molecule has 0 unspecified atom stereocenters. The van der Waals surface area contributed by atoms with Crippen molar-refractivity contribution in [1.82, 2.24) is 4.90 Å². The molecule has 0 amide bonds. The summed E-state index contributed by atoms with van der Waals surface area (Å²) >= 11 is 0. The summed E-state index contributed by atoms with van der Waals surface area (Å²) in [4.78, 5) is 22.5. The molecule has 13 heavy (non-hydrogen) atoms. The molecule has 0 aliphatic carbocycles. The average Bonchev–Trinajstić information content (AvgIpc) is 2.19. The van der Waals surface area contributed by atoms with Crippen LogP contribution in [0.5, 0.6) is 0 Å². The van der Waals surface area contributed by atoms with E-state index in [0.717, 1.165) is 38.8 Å². The van der Waals surface area contributed by atoms with Crippen LogP contribution in [0.4, 0.5) is 0 Å². The molecule has 1 saturated heterocycles. The first-order chi connectivity index (χ1) is 6.36. The highest BCUT2D eigenvalue weighted by molar-refractivity contribution is 5.53. The van der Waals surface area contributed by atoms with Gasteiger partial charge in [-0.15, -0.1) is 0 Å². The van der Waals surface area contributed by atoms with Gasteiger partial charge < -0.3 is 9.53 Å². The fraction of sp³-hybridized carbons (Fsp3) is 0.778. The van der Waals surface area contributed by atoms with Crippen LogP contribution in [-0.2, 0) is 14.3 Å². The van der Waals surface area contributed by atoms with E-state index in [-0.39, 0.29) is 5.92 Å². The van der Waals surface area contributed by atoms with Gasteiger partial charge in [0, 0.05) is 12.5 Å². The first kappa shape index (κ1) is 10.2. The summed E-state index contributed by atoms with van der Waals surface area (Å²) in [7, 11) is 0. The smallest absolute Gasteiger partial charge is 0.293 e. The first-order valence-electron chi connectivity index (χ1n) is 4.59. The van der Waals surface area contributed by atoms with Crippen LogP contribution in [0.25, 0.3) is 0 Å². The molecule has 1 rings (SSSR count). The van der Waals surface area contributed by atoms with Crippen molar-refractivity contribution in [1.29, 1.82) is 0 Å². The Bertz CT molecular complexity index is 161. The van der Waals surface area contributed by atoms with Gasteiger partial charge in [0.05, 0.1) is 0 Å². The Morgan fingerprint density at radius 1 is 1.31 bits per heavy atom. The van der Waals surface area contributed by atoms with Gasteiger partial charge in [-0.3, -0.25) is 9.69 Å². The minimum absolute atomic E-state index is 0.239. The first-order valence-corrected chi connectivity index (χ1v) is 4.59. The molecule has 0 N–H and O–H groups in total. The zero-order valence-corrected chi connectivity index (χ0v) is 7.65. The fourth-order valence-corrected chi connectivity index (χ4v) is 1.54. The Morgan fingerprint density at radius 2 is 2.00 bits per heavy atom. The van der Waals surface area contributed by atoms with E-state index in [1.165, 1.54) is 0 Å². The normalized spacial score (nSPS) is 19.7. The highest BCUT2D eigenvalue weighted by Gasteiger charge is 2.17. The van der Waals surface area contributed by atoms with E-state index in [9.17, 15) is 9.59 Å². The molecule has 1 heterocycles. The molecule has 0 bridgehead atoms. The highest BCUT2D eigenvalue weighted by Crippen LogP contribution is 2.13. The number of rotatable bonds is 5. The standard InChI is InChI=1S/C9H15NO3/c11-7-9-1-3-10(4-2-9)5-6-13-8-12/h7-9H,1-6H2. The van der Waals surface area contributed by atoms with Crippen molar-refractivity contribution in [2.45, 2.75) is 12.8 Å². The summed E-state index contributed by atoms with van der Waals surface area (Å²) in [5.74, 6) is 0.239. The van der Waals surface area contributed by atoms with Crippen LogP contribution in [0.1, 0.15) is 12.8 Å². The molecule has 0 atom stereocenters. The van der Waals surface area contributed by atoms with Gasteiger partial charge in [0.15, 0.2) is 0 Å². The minimum Gasteiger partial charge on any atom is -0.467 e. The van der Waals surface area contributed by atoms with E-state index in [4.69, 9.17) is 0 Å². The molecule has 1 fully saturated rings. The van der Waals surface area contributed by atoms with Crippen LogP contribution in [0, 0.1) is 5.92 Å². The molecular weight excluding hydrogens is 170 g/mol. The Kier molecular flexibility index (Phi) is 4.46. The molecule has 0 saturated carbocycles. The third-order valence-electron chi connectivity index (χ3n) is 2.42. The second kappa shape index (κ2) is 5.70. The fourth-order valence-electron chi connectivity index (χ4n) is 1.54. The Labute approximate surface area is 77.8 Å². The quantitative estimate of drug-likeness (QED) is 0.449. The molecule has 1 aliphatic heterocycles. The molecule has 0 spiro atoms. The number of likely N-dealkylation sites (tertiary alicyclic amines) is 1. The third kappa shape index (κ3) is 3.55. The van der Waals surface area contributed by atoms with E-state index in [0.29, 0.717) is 13.1 Å². The molecule has 1 aliphatic rings. The van der Waals surface area contributed by atoms with E-state index in [1.54, 1.807) is 0 Å². The monoisotopic (exact) mass is 185 g/mol. The molecule has 4 heteroatoms. The maximum absolute atomic E-state index is 10.4. The molecule has 0 aromatic heterocycles. The van der Waals surface area contributed by atoms with Crippen LogP contribution in [-0.4, -0.2) is 43.9 Å². The molecule has 74 valence electrons. The highest BCUT2D eigenvalue weighted by atomic mass is 16.5. The Balaban J connectivity index is 2.10. The number of carbonyl (C=O) groups is 2. The zero-order valence-electron chi connectivity index (χ0n) is 7.65. The summed E-state index contributed by atoms with van der Waals surface area (Å²) in [5.41, 5.74) is 0. The van der Waals surface area contributed by atoms with E-state index >= 15 is 0 Å². The second-order valence-electron chi connectivity index (χ2n) is 3.28. The van der Waals surface area contributed by atoms with Crippen LogP contribution >= 0.6 is 0 Å². The van der Waals surface area contributed by atoms with Crippen molar-refractivity contribution >= 4 is 12.8 Å². The predicted molar refractivity (Wildman–Crippen MR) is 47.2 cm³/mol. The number of hydrogen-bond acceptors (Lipinski definition) is 4. The lowest BCUT2D eigenvalue weighted by Crippen LogP contribution is -2.36. The van der Waals surface area contributed by atoms with Crippen molar-refractivity contribution in [2.24, 2.45) is 5.92 Å². The molecular formula is C9H15NO3. The SMILES string of the molecule is O=COCCN1CCC(C=O)CC1. The van der Waals surface area contributed by atoms with E-state index in [2.05, 4.69) is 9.64 Å². The number of hydrogen-bond donors (Lipinski definition) is 0. The maximum atomic E-state index is 10.4. The van der Waals surface area contributed by atoms with Gasteiger partial charge >= 0.3 is 0 Å². The lowest BCUT2D eigenvalue weighted by Gasteiger charge is -2.28. The summed E-state index contributed by atoms with van der Waals surface area (Å²) in [6, 6.07) is 0. The summed E-state index contributed by atoms with van der Waals surface area (Å²) in [5, 5.41) is 0. The van der Waals surface area contributed by atoms with Gasteiger partial charge in [0.2, 0.25) is 0 Å². The molecule has 0 aromatic rings. The zero-order chi connectivity index (χ0) is 9.52. The van der Waals surface area contributed by atoms with Gasteiger partial charge in [0.1, 0.15) is 12.9 Å². The molecule has 4 nitrogen and oxygen atoms in total. The van der Waals surface area contributed by atoms with Crippen molar-refractivity contribution < 1.29 is 14.3 Å². The summed E-state index contributed by atoms with van der Waals surface area (Å²) < 4.78 is 4.60. The summed E-state index contributed by atoms with van der Waals surface area (Å²) in [6.07, 6.45) is 2.91. The average molecular weight is 185 g/mol. The lowest BCUT2D eigenvalue weighted by atomic mass is 9.99. The second-order valence-corrected chi connectivity index (χ2v) is 3.28. The van der Waals surface area contributed by atoms with Crippen molar-refractivity contribution in [3.05, 3.63) is 0 Å². The number of nitrogens with zero attached hydrogens (tertiary/aromatic N) is 1. The van der Waals surface area contributed by atoms with Crippen LogP contribution in [0.3, 0.4) is 0 Å². The predicted octanol–water partition coefficient (Wildman–Crippen LogP) is 0.0703. The van der Waals surface area contributed by atoms with Crippen molar-refractivity contribution in [3.63, 3.8) is 0 Å². The van der Waals surface area contributed by atoms with Gasteiger partial charge in [-0.2, -0.15) is 0 Å². The van der Waals surface area contributed by atoms with Gasteiger partial charge in [-0.1, -0.05) is 0 Å². The van der Waals surface area contributed by atoms with Gasteiger partial charge in [-0.05, 0) is 25.9 Å². The van der Waals surface area contributed by atoms with E-state index in [1.807, 2.05) is 0 Å². The van der Waals surface area contributed by atoms with Crippen molar-refractivity contribution in [3.8, 4) is 0 Å². The third-order valence-corrected chi connectivity index (χ3v) is 2.42. The van der Waals surface area contributed by atoms with Crippen LogP contribution in [0.2, 0.25) is 0 Å². The number of piperidine rings is 1. The van der Waals surface area contributed by atoms with Gasteiger partial charge in [0.25, 0.3) is 6.47 Å². The van der Waals surface area contributed by atoms with Gasteiger partial charge in [-0.25, -0.2) is 0 Å². The Morgan fingerprint density at radius 3 is 2.54 bits per heavy atom. The topological polar surface area (TPSA) is 46.6 Å².